The molecule has 0 aliphatic carbocycles. The number of aromatic nitrogens is 3. The minimum atomic E-state index is -0.162. The first-order valence-electron chi connectivity index (χ1n) is 7.02. The van der Waals surface area contributed by atoms with Crippen LogP contribution in [0.1, 0.15) is 16.1 Å². The number of nitrogens with one attached hydrogen (secondary N) is 2. The number of carbonyl (C=O) groups excluding carboxylic acids is 1. The molecule has 2 heterocycles. The number of aryl methyl sites for hydroxylation is 1. The zero-order valence-corrected chi connectivity index (χ0v) is 12.2. The van der Waals surface area contributed by atoms with E-state index >= 15 is 0 Å². The van der Waals surface area contributed by atoms with Crippen molar-refractivity contribution in [2.24, 2.45) is 0 Å². The van der Waals surface area contributed by atoms with Gasteiger partial charge in [0.1, 0.15) is 0 Å². The molecule has 1 aromatic carbocycles. The molecule has 6 heteroatoms. The molecule has 0 spiro atoms. The average molecular weight is 296 g/mol. The Bertz CT molecular complexity index is 879. The van der Waals surface area contributed by atoms with Crippen molar-refractivity contribution in [3.8, 4) is 0 Å². The number of fused-ring (bicyclic) bond motifs is 1. The summed E-state index contributed by atoms with van der Waals surface area (Å²) in [7, 11) is 0. The van der Waals surface area contributed by atoms with Crippen LogP contribution in [0.25, 0.3) is 10.9 Å². The summed E-state index contributed by atoms with van der Waals surface area (Å²) in [6, 6.07) is 8.92. The minimum absolute atomic E-state index is 0.116. The largest absolute Gasteiger partial charge is 0.361 e. The van der Waals surface area contributed by atoms with Crippen LogP contribution in [0.5, 0.6) is 0 Å². The molecule has 0 bridgehead atoms. The topological polar surface area (TPSA) is 79.8 Å². The summed E-state index contributed by atoms with van der Waals surface area (Å²) < 4.78 is 1.47. The van der Waals surface area contributed by atoms with Crippen molar-refractivity contribution in [3.05, 3.63) is 64.5 Å². The number of aromatic amines is 1. The number of hydrogen-bond acceptors (Lipinski definition) is 3. The van der Waals surface area contributed by atoms with Crippen molar-refractivity contribution >= 4 is 16.8 Å². The lowest BCUT2D eigenvalue weighted by Crippen LogP contribution is -2.30. The summed E-state index contributed by atoms with van der Waals surface area (Å²) in [6.07, 6.45) is 3.33. The van der Waals surface area contributed by atoms with Crippen LogP contribution in [0.4, 0.5) is 0 Å². The van der Waals surface area contributed by atoms with Gasteiger partial charge in [-0.3, -0.25) is 14.2 Å². The number of rotatable bonds is 4. The molecule has 22 heavy (non-hydrogen) atoms. The molecule has 0 aliphatic heterocycles. The highest BCUT2D eigenvalue weighted by Crippen LogP contribution is 2.13. The second kappa shape index (κ2) is 5.85. The van der Waals surface area contributed by atoms with E-state index in [9.17, 15) is 9.59 Å². The van der Waals surface area contributed by atoms with E-state index in [1.165, 1.54) is 17.0 Å². The predicted octanol–water partition coefficient (Wildman–Crippen LogP) is 1.46. The van der Waals surface area contributed by atoms with Gasteiger partial charge >= 0.3 is 0 Å². The van der Waals surface area contributed by atoms with E-state index in [0.717, 1.165) is 10.9 Å². The normalized spacial score (nSPS) is 10.8. The summed E-state index contributed by atoms with van der Waals surface area (Å²) in [5.41, 5.74) is 2.08. The fourth-order valence-electron chi connectivity index (χ4n) is 2.27. The van der Waals surface area contributed by atoms with E-state index in [-0.39, 0.29) is 11.5 Å². The summed E-state index contributed by atoms with van der Waals surface area (Å²) in [5.74, 6) is -0.162. The van der Waals surface area contributed by atoms with Gasteiger partial charge in [0.05, 0.1) is 6.33 Å². The molecule has 3 aromatic rings. The summed E-state index contributed by atoms with van der Waals surface area (Å²) in [5, 5.41) is 3.87. The third-order valence-electron chi connectivity index (χ3n) is 3.47. The lowest BCUT2D eigenvalue weighted by Gasteiger charge is -2.07. The van der Waals surface area contributed by atoms with E-state index in [1.807, 2.05) is 24.4 Å². The van der Waals surface area contributed by atoms with Gasteiger partial charge in [-0.15, -0.1) is 0 Å². The van der Waals surface area contributed by atoms with Gasteiger partial charge in [0.2, 0.25) is 0 Å². The molecule has 6 nitrogen and oxygen atoms in total. The smallest absolute Gasteiger partial charge is 0.253 e. The Morgan fingerprint density at radius 2 is 2.18 bits per heavy atom. The summed E-state index contributed by atoms with van der Waals surface area (Å²) in [4.78, 5) is 31.0. The number of amides is 1. The van der Waals surface area contributed by atoms with E-state index in [2.05, 4.69) is 15.3 Å². The molecule has 1 amide bonds. The van der Waals surface area contributed by atoms with Gasteiger partial charge in [-0.25, -0.2) is 4.98 Å². The first-order valence-corrected chi connectivity index (χ1v) is 7.02. The van der Waals surface area contributed by atoms with Gasteiger partial charge in [-0.05, 0) is 30.5 Å². The van der Waals surface area contributed by atoms with Crippen LogP contribution in [0.3, 0.4) is 0 Å². The second-order valence-corrected chi connectivity index (χ2v) is 5.10. The third kappa shape index (κ3) is 2.90. The van der Waals surface area contributed by atoms with Gasteiger partial charge in [0.25, 0.3) is 11.5 Å². The Kier molecular flexibility index (Phi) is 3.74. The van der Waals surface area contributed by atoms with Crippen molar-refractivity contribution in [1.82, 2.24) is 19.9 Å². The minimum Gasteiger partial charge on any atom is -0.361 e. The highest BCUT2D eigenvalue weighted by molar-refractivity contribution is 5.97. The molecule has 0 unspecified atom stereocenters. The fraction of sp³-hybridized carbons (Fsp3) is 0.188. The summed E-state index contributed by atoms with van der Waals surface area (Å²) in [6.45, 7) is 2.53. The Morgan fingerprint density at radius 3 is 3.00 bits per heavy atom. The monoisotopic (exact) mass is 296 g/mol. The lowest BCUT2D eigenvalue weighted by molar-refractivity contribution is 0.0952. The van der Waals surface area contributed by atoms with Crippen LogP contribution >= 0.6 is 0 Å². The van der Waals surface area contributed by atoms with Crippen LogP contribution in [0.15, 0.2) is 47.7 Å². The van der Waals surface area contributed by atoms with E-state index in [1.54, 1.807) is 13.0 Å². The fourth-order valence-corrected chi connectivity index (χ4v) is 2.27. The number of nitrogens with zero attached hydrogens (tertiary/aromatic N) is 2. The Morgan fingerprint density at radius 1 is 1.32 bits per heavy atom. The predicted molar refractivity (Wildman–Crippen MR) is 83.9 cm³/mol. The molecular formula is C16H16N4O2. The van der Waals surface area contributed by atoms with E-state index in [4.69, 9.17) is 0 Å². The summed E-state index contributed by atoms with van der Waals surface area (Å²) >= 11 is 0. The first-order chi connectivity index (χ1) is 10.6. The molecule has 0 fully saturated rings. The molecule has 0 saturated carbocycles. The number of benzene rings is 1. The van der Waals surface area contributed by atoms with Crippen molar-refractivity contribution in [2.45, 2.75) is 13.5 Å². The van der Waals surface area contributed by atoms with Crippen molar-refractivity contribution in [3.63, 3.8) is 0 Å². The van der Waals surface area contributed by atoms with Gasteiger partial charge in [0.15, 0.2) is 0 Å². The molecular weight excluding hydrogens is 280 g/mol. The molecule has 3 rings (SSSR count). The molecule has 112 valence electrons. The Hall–Kier alpha value is -2.89. The van der Waals surface area contributed by atoms with Gasteiger partial charge in [0, 0.05) is 42.1 Å². The molecule has 0 aliphatic rings. The van der Waals surface area contributed by atoms with E-state index < -0.39 is 0 Å². The Labute approximate surface area is 126 Å². The van der Waals surface area contributed by atoms with Crippen LogP contribution in [0.2, 0.25) is 0 Å². The molecule has 0 saturated heterocycles. The number of H-pyrrole nitrogens is 1. The first kappa shape index (κ1) is 14.1. The maximum Gasteiger partial charge on any atom is 0.253 e. The Balaban J connectivity index is 1.63. The average Bonchev–Trinajstić information content (AvgIpc) is 2.96. The van der Waals surface area contributed by atoms with Gasteiger partial charge < -0.3 is 10.3 Å². The van der Waals surface area contributed by atoms with Crippen molar-refractivity contribution in [2.75, 3.05) is 6.54 Å². The molecule has 0 atom stereocenters. The van der Waals surface area contributed by atoms with Crippen LogP contribution in [-0.2, 0) is 6.54 Å². The van der Waals surface area contributed by atoms with Crippen molar-refractivity contribution in [1.29, 1.82) is 0 Å². The maximum absolute atomic E-state index is 12.1. The lowest BCUT2D eigenvalue weighted by atomic mass is 10.1. The van der Waals surface area contributed by atoms with Gasteiger partial charge in [-0.1, -0.05) is 6.07 Å². The third-order valence-corrected chi connectivity index (χ3v) is 3.47. The number of carbonyl (C=O) groups is 1. The standard InChI is InChI=1S/C16H16N4O2/c1-11-8-15(21)20(10-19-11)7-6-18-16(22)13-3-2-12-4-5-17-14(12)9-13/h2-5,8-10,17H,6-7H2,1H3,(H,18,22). The van der Waals surface area contributed by atoms with Crippen LogP contribution < -0.4 is 10.9 Å². The quantitative estimate of drug-likeness (QED) is 0.765. The molecule has 2 N–H and O–H groups in total. The zero-order chi connectivity index (χ0) is 15.5. The second-order valence-electron chi connectivity index (χ2n) is 5.10. The van der Waals surface area contributed by atoms with Crippen molar-refractivity contribution < 1.29 is 4.79 Å². The van der Waals surface area contributed by atoms with E-state index in [0.29, 0.717) is 24.3 Å². The highest BCUT2D eigenvalue weighted by Gasteiger charge is 2.06. The zero-order valence-electron chi connectivity index (χ0n) is 12.2. The van der Waals surface area contributed by atoms with Crippen LogP contribution in [-0.4, -0.2) is 27.0 Å². The van der Waals surface area contributed by atoms with Crippen LogP contribution in [0, 0.1) is 6.92 Å². The SMILES string of the molecule is Cc1cc(=O)n(CCNC(=O)c2ccc3cc[nH]c3c2)cn1. The number of hydrogen-bond donors (Lipinski definition) is 2. The maximum atomic E-state index is 12.1. The molecule has 0 radical (unpaired) electrons. The highest BCUT2D eigenvalue weighted by atomic mass is 16.1. The van der Waals surface area contributed by atoms with Gasteiger partial charge in [-0.2, -0.15) is 0 Å². The molecule has 2 aromatic heterocycles.